The van der Waals surface area contributed by atoms with E-state index in [9.17, 15) is 13.6 Å². The van der Waals surface area contributed by atoms with E-state index in [4.69, 9.17) is 5.73 Å². The third-order valence-electron chi connectivity index (χ3n) is 5.77. The molecular weight excluding hydrogens is 360 g/mol. The first-order valence-electron chi connectivity index (χ1n) is 9.38. The van der Waals surface area contributed by atoms with Crippen LogP contribution in [0.25, 0.3) is 0 Å². The minimum Gasteiger partial charge on any atom is -0.369 e. The van der Waals surface area contributed by atoms with Crippen LogP contribution in [0.2, 0.25) is 0 Å². The molecule has 0 radical (unpaired) electrons. The summed E-state index contributed by atoms with van der Waals surface area (Å²) in [4.78, 5) is 19.0. The number of carbonyl (C=O) groups is 1. The molecule has 2 unspecified atom stereocenters. The molecule has 0 saturated heterocycles. The number of nitrogens with zero attached hydrogens (tertiary/aromatic N) is 2. The maximum Gasteiger partial charge on any atom is 0.239 e. The van der Waals surface area contributed by atoms with Gasteiger partial charge in [-0.2, -0.15) is 0 Å². The minimum absolute atomic E-state index is 0.0315. The second kappa shape index (κ2) is 6.83. The molecule has 1 aliphatic carbocycles. The van der Waals surface area contributed by atoms with Gasteiger partial charge in [-0.1, -0.05) is 51.1 Å². The summed E-state index contributed by atoms with van der Waals surface area (Å²) in [6.45, 7) is 8.04. The van der Waals surface area contributed by atoms with E-state index in [0.29, 0.717) is 0 Å². The molecule has 1 heterocycles. The van der Waals surface area contributed by atoms with E-state index in [1.807, 2.05) is 24.3 Å². The molecule has 4 nitrogen and oxygen atoms in total. The quantitative estimate of drug-likeness (QED) is 0.834. The molecule has 0 spiro atoms. The highest BCUT2D eigenvalue weighted by Gasteiger charge is 2.52. The number of nitrogens with two attached hydrogens (primary N) is 1. The van der Waals surface area contributed by atoms with Gasteiger partial charge in [0.15, 0.2) is 5.96 Å². The van der Waals surface area contributed by atoms with Gasteiger partial charge in [-0.3, -0.25) is 9.69 Å². The fourth-order valence-electron chi connectivity index (χ4n) is 4.00. The highest BCUT2D eigenvalue weighted by Crippen LogP contribution is 2.45. The van der Waals surface area contributed by atoms with Crippen molar-refractivity contribution in [2.45, 2.75) is 50.7 Å². The summed E-state index contributed by atoms with van der Waals surface area (Å²) in [6.07, 6.45) is 2.00. The molecule has 28 heavy (non-hydrogen) atoms. The zero-order valence-electron chi connectivity index (χ0n) is 16.9. The number of halogens is 2. The molecule has 0 fully saturated rings. The number of hydrogen-bond acceptors (Lipinski definition) is 3. The number of aliphatic imine (C=N–C) groups is 1. The summed E-state index contributed by atoms with van der Waals surface area (Å²) >= 11 is 0. The van der Waals surface area contributed by atoms with Gasteiger partial charge < -0.3 is 5.73 Å². The number of allylic oxidation sites excluding steroid dienone is 3. The van der Waals surface area contributed by atoms with Crippen molar-refractivity contribution in [2.24, 2.45) is 16.6 Å². The highest BCUT2D eigenvalue weighted by atomic mass is 19.1. The van der Waals surface area contributed by atoms with E-state index < -0.39 is 29.4 Å². The number of alkyl halides is 1. The lowest BCUT2D eigenvalue weighted by atomic mass is 9.68. The van der Waals surface area contributed by atoms with Crippen LogP contribution in [0.3, 0.4) is 0 Å². The number of likely N-dealkylation sites (N-methyl/N-ethyl adjacent to an activating group) is 1. The normalized spacial score (nSPS) is 30.9. The topological polar surface area (TPSA) is 58.7 Å². The van der Waals surface area contributed by atoms with Gasteiger partial charge in [0.25, 0.3) is 0 Å². The molecular formula is C22H27F2N3O. The van der Waals surface area contributed by atoms with Crippen LogP contribution < -0.4 is 5.73 Å². The summed E-state index contributed by atoms with van der Waals surface area (Å²) < 4.78 is 28.3. The number of benzene rings is 1. The van der Waals surface area contributed by atoms with E-state index in [-0.39, 0.29) is 17.3 Å². The molecule has 0 aromatic heterocycles. The predicted octanol–water partition coefficient (Wildman–Crippen LogP) is 3.99. The Balaban J connectivity index is 2.11. The van der Waals surface area contributed by atoms with E-state index in [1.165, 1.54) is 17.1 Å². The van der Waals surface area contributed by atoms with Gasteiger partial charge in [0.05, 0.1) is 11.5 Å². The van der Waals surface area contributed by atoms with Gasteiger partial charge in [-0.25, -0.2) is 13.8 Å². The van der Waals surface area contributed by atoms with Crippen molar-refractivity contribution in [2.75, 3.05) is 7.05 Å². The molecule has 6 heteroatoms. The first-order valence-corrected chi connectivity index (χ1v) is 9.38. The maximum absolute atomic E-state index is 14.8. The first-order chi connectivity index (χ1) is 12.9. The Morgan fingerprint density at radius 3 is 2.36 bits per heavy atom. The van der Waals surface area contributed by atoms with Crippen LogP contribution >= 0.6 is 0 Å². The summed E-state index contributed by atoms with van der Waals surface area (Å²) in [5, 5.41) is 0. The third kappa shape index (κ3) is 3.36. The van der Waals surface area contributed by atoms with Crippen LogP contribution in [0.4, 0.5) is 8.78 Å². The largest absolute Gasteiger partial charge is 0.369 e. The number of guanidine groups is 1. The second-order valence-corrected chi connectivity index (χ2v) is 8.78. The molecule has 1 amide bonds. The number of amides is 1. The van der Waals surface area contributed by atoms with E-state index >= 15 is 0 Å². The molecule has 1 aromatic carbocycles. The van der Waals surface area contributed by atoms with Gasteiger partial charge in [0.2, 0.25) is 5.91 Å². The van der Waals surface area contributed by atoms with Crippen LogP contribution in [-0.4, -0.2) is 35.5 Å². The van der Waals surface area contributed by atoms with Crippen molar-refractivity contribution >= 4 is 11.9 Å². The number of rotatable bonds is 2. The van der Waals surface area contributed by atoms with Gasteiger partial charge in [0.1, 0.15) is 12.0 Å². The van der Waals surface area contributed by atoms with Crippen molar-refractivity contribution in [3.63, 3.8) is 0 Å². The molecule has 0 saturated carbocycles. The average molecular weight is 387 g/mol. The molecule has 1 aromatic rings. The molecule has 3 rings (SSSR count). The zero-order valence-corrected chi connectivity index (χ0v) is 16.9. The molecule has 1 aliphatic heterocycles. The van der Waals surface area contributed by atoms with Crippen molar-refractivity contribution in [1.82, 2.24) is 4.90 Å². The van der Waals surface area contributed by atoms with Crippen LogP contribution in [-0.2, 0) is 10.2 Å². The zero-order chi connectivity index (χ0) is 20.9. The van der Waals surface area contributed by atoms with Crippen molar-refractivity contribution < 1.29 is 13.6 Å². The van der Waals surface area contributed by atoms with Crippen LogP contribution in [0.5, 0.6) is 0 Å². The van der Waals surface area contributed by atoms with Crippen LogP contribution in [0, 0.1) is 5.92 Å². The summed E-state index contributed by atoms with van der Waals surface area (Å²) in [5.41, 5.74) is 6.62. The minimum atomic E-state index is -1.60. The lowest BCUT2D eigenvalue weighted by Gasteiger charge is -2.45. The van der Waals surface area contributed by atoms with Gasteiger partial charge in [-0.05, 0) is 35.6 Å². The van der Waals surface area contributed by atoms with Crippen molar-refractivity contribution in [3.05, 3.63) is 59.4 Å². The molecule has 2 aliphatic rings. The number of hydrogen-bond donors (Lipinski definition) is 1. The Bertz CT molecular complexity index is 867. The first kappa shape index (κ1) is 20.2. The lowest BCUT2D eigenvalue weighted by Crippen LogP contribution is -2.57. The van der Waals surface area contributed by atoms with Crippen molar-refractivity contribution in [1.29, 1.82) is 0 Å². The molecule has 150 valence electrons. The fraction of sp³-hybridized carbons (Fsp3) is 0.455. The molecule has 4 atom stereocenters. The summed E-state index contributed by atoms with van der Waals surface area (Å²) in [5.74, 6) is -2.40. The van der Waals surface area contributed by atoms with Gasteiger partial charge >= 0.3 is 0 Å². The van der Waals surface area contributed by atoms with Crippen LogP contribution in [0.1, 0.15) is 44.7 Å². The second-order valence-electron chi connectivity index (χ2n) is 8.78. The Labute approximate surface area is 164 Å². The Kier molecular flexibility index (Phi) is 4.94. The predicted molar refractivity (Wildman–Crippen MR) is 107 cm³/mol. The summed E-state index contributed by atoms with van der Waals surface area (Å²) in [7, 11) is 1.56. The van der Waals surface area contributed by atoms with E-state index in [0.717, 1.165) is 17.2 Å². The maximum atomic E-state index is 14.8. The van der Waals surface area contributed by atoms with Crippen LogP contribution in [0.15, 0.2) is 53.3 Å². The SMILES string of the molecule is CN1C(=O)[C@H](c2ccc(C(C)(C)C)cc2)[C@@](C)(C2C=CC(F)=CC2F)N=C1N. The van der Waals surface area contributed by atoms with E-state index in [2.05, 4.69) is 25.8 Å². The van der Waals surface area contributed by atoms with E-state index in [1.54, 1.807) is 14.0 Å². The number of carbonyl (C=O) groups excluding carboxylic acids is 1. The van der Waals surface area contributed by atoms with Gasteiger partial charge in [0, 0.05) is 13.0 Å². The smallest absolute Gasteiger partial charge is 0.239 e. The fourth-order valence-corrected chi connectivity index (χ4v) is 4.00. The lowest BCUT2D eigenvalue weighted by molar-refractivity contribution is -0.131. The third-order valence-corrected chi connectivity index (χ3v) is 5.77. The van der Waals surface area contributed by atoms with Gasteiger partial charge in [-0.15, -0.1) is 0 Å². The Hall–Kier alpha value is -2.50. The molecule has 2 N–H and O–H groups in total. The molecule has 0 bridgehead atoms. The standard InChI is InChI=1S/C22H27F2N3O/c1-21(2,3)14-8-6-13(7-9-14)18-19(28)27(5)20(25)26-22(18,4)16-11-10-15(23)12-17(16)24/h6-12,16-18H,1-5H3,(H2,25,26)/t16?,17?,18-,22+/m0/s1. The average Bonchev–Trinajstić information content (AvgIpc) is 2.59. The Morgan fingerprint density at radius 1 is 1.21 bits per heavy atom. The van der Waals surface area contributed by atoms with Crippen molar-refractivity contribution in [3.8, 4) is 0 Å². The highest BCUT2D eigenvalue weighted by molar-refractivity contribution is 6.02. The Morgan fingerprint density at radius 2 is 1.82 bits per heavy atom. The summed E-state index contributed by atoms with van der Waals surface area (Å²) in [6, 6.07) is 7.74. The monoisotopic (exact) mass is 387 g/mol.